The van der Waals surface area contributed by atoms with Gasteiger partial charge in [0.15, 0.2) is 0 Å². The fourth-order valence-corrected chi connectivity index (χ4v) is 2.87. The summed E-state index contributed by atoms with van der Waals surface area (Å²) >= 11 is 0. The minimum Gasteiger partial charge on any atom is -0.462 e. The summed E-state index contributed by atoms with van der Waals surface area (Å²) < 4.78 is 5.57. The molecule has 1 saturated carbocycles. The van der Waals surface area contributed by atoms with Crippen LogP contribution in [0.5, 0.6) is 0 Å². The molecule has 1 fully saturated rings. The lowest BCUT2D eigenvalue weighted by Gasteiger charge is -2.31. The van der Waals surface area contributed by atoms with Gasteiger partial charge in [-0.1, -0.05) is 20.8 Å². The second kappa shape index (κ2) is 7.00. The van der Waals surface area contributed by atoms with E-state index >= 15 is 0 Å². The van der Waals surface area contributed by atoms with E-state index in [2.05, 4.69) is 19.2 Å². The first-order chi connectivity index (χ1) is 8.01. The lowest BCUT2D eigenvalue weighted by Crippen LogP contribution is -2.32. The molecule has 0 heterocycles. The lowest BCUT2D eigenvalue weighted by molar-refractivity contribution is -0.152. The molecule has 3 atom stereocenters. The molecule has 1 N–H and O–H groups in total. The first-order valence-corrected chi connectivity index (χ1v) is 6.94. The number of rotatable bonds is 5. The first kappa shape index (κ1) is 14.5. The first-order valence-electron chi connectivity index (χ1n) is 6.94. The molecule has 3 unspecified atom stereocenters. The van der Waals surface area contributed by atoms with Crippen molar-refractivity contribution in [3.8, 4) is 0 Å². The maximum Gasteiger partial charge on any atom is 0.307 e. The summed E-state index contributed by atoms with van der Waals surface area (Å²) in [6, 6.07) is 0.214. The van der Waals surface area contributed by atoms with E-state index in [4.69, 9.17) is 4.74 Å². The van der Waals surface area contributed by atoms with E-state index in [0.29, 0.717) is 18.3 Å². The van der Waals surface area contributed by atoms with Gasteiger partial charge in [0.05, 0.1) is 6.42 Å². The predicted molar refractivity (Wildman–Crippen MR) is 69.8 cm³/mol. The van der Waals surface area contributed by atoms with Crippen LogP contribution in [0.4, 0.5) is 0 Å². The third-order valence-electron chi connectivity index (χ3n) is 3.46. The van der Waals surface area contributed by atoms with Crippen LogP contribution in [0.15, 0.2) is 0 Å². The second-order valence-electron chi connectivity index (χ2n) is 5.69. The number of ether oxygens (including phenoxy) is 1. The topological polar surface area (TPSA) is 38.3 Å². The highest BCUT2D eigenvalue weighted by Crippen LogP contribution is 2.30. The minimum atomic E-state index is -0.0512. The Morgan fingerprint density at radius 2 is 1.88 bits per heavy atom. The monoisotopic (exact) mass is 241 g/mol. The van der Waals surface area contributed by atoms with Crippen LogP contribution in [0.3, 0.4) is 0 Å². The maximum atomic E-state index is 11.7. The number of carbonyl (C=O) groups is 1. The Labute approximate surface area is 105 Å². The second-order valence-corrected chi connectivity index (χ2v) is 5.69. The Morgan fingerprint density at radius 3 is 2.41 bits per heavy atom. The smallest absolute Gasteiger partial charge is 0.307 e. The Kier molecular flexibility index (Phi) is 5.96. The fraction of sp³-hybridized carbons (Fsp3) is 0.929. The van der Waals surface area contributed by atoms with Crippen LogP contribution >= 0.6 is 0 Å². The molecule has 0 radical (unpaired) electrons. The largest absolute Gasteiger partial charge is 0.462 e. The minimum absolute atomic E-state index is 0.0512. The van der Waals surface area contributed by atoms with Crippen molar-refractivity contribution in [2.75, 3.05) is 6.54 Å². The zero-order valence-corrected chi connectivity index (χ0v) is 11.7. The van der Waals surface area contributed by atoms with Crippen molar-refractivity contribution in [3.63, 3.8) is 0 Å². The number of carbonyl (C=O) groups excluding carboxylic acids is 1. The van der Waals surface area contributed by atoms with Crippen molar-refractivity contribution in [2.24, 2.45) is 11.8 Å². The van der Waals surface area contributed by atoms with Crippen LogP contribution in [0.2, 0.25) is 0 Å². The molecule has 0 spiro atoms. The van der Waals surface area contributed by atoms with E-state index in [-0.39, 0.29) is 18.1 Å². The zero-order chi connectivity index (χ0) is 12.8. The Morgan fingerprint density at radius 1 is 1.29 bits per heavy atom. The van der Waals surface area contributed by atoms with Crippen LogP contribution in [-0.4, -0.2) is 24.7 Å². The van der Waals surface area contributed by atoms with Crippen molar-refractivity contribution in [1.82, 2.24) is 5.32 Å². The molecular formula is C14H27NO2. The molecule has 0 aromatic heterocycles. The van der Waals surface area contributed by atoms with Gasteiger partial charge in [0, 0.05) is 6.04 Å². The molecule has 1 aliphatic carbocycles. The van der Waals surface area contributed by atoms with Gasteiger partial charge >= 0.3 is 5.97 Å². The number of esters is 1. The molecule has 1 aliphatic rings. The van der Waals surface area contributed by atoms with E-state index in [9.17, 15) is 4.79 Å². The molecule has 0 saturated heterocycles. The molecule has 17 heavy (non-hydrogen) atoms. The average molecular weight is 241 g/mol. The summed E-state index contributed by atoms with van der Waals surface area (Å²) in [7, 11) is 0. The Bertz CT molecular complexity index is 232. The van der Waals surface area contributed by atoms with Crippen molar-refractivity contribution in [3.05, 3.63) is 0 Å². The SMILES string of the molecule is CCNC(C)CC(=O)OC1CC(C)CC(C)C1. The third kappa shape index (κ3) is 5.53. The molecule has 100 valence electrons. The van der Waals surface area contributed by atoms with Crippen LogP contribution in [-0.2, 0) is 9.53 Å². The van der Waals surface area contributed by atoms with Gasteiger partial charge in [-0.2, -0.15) is 0 Å². The molecule has 0 aromatic rings. The van der Waals surface area contributed by atoms with Gasteiger partial charge in [-0.3, -0.25) is 4.79 Å². The van der Waals surface area contributed by atoms with E-state index in [1.165, 1.54) is 6.42 Å². The normalized spacial score (nSPS) is 30.9. The molecule has 0 amide bonds. The van der Waals surface area contributed by atoms with E-state index < -0.39 is 0 Å². The van der Waals surface area contributed by atoms with Crippen molar-refractivity contribution < 1.29 is 9.53 Å². The van der Waals surface area contributed by atoms with Crippen LogP contribution in [0.25, 0.3) is 0 Å². The van der Waals surface area contributed by atoms with E-state index in [0.717, 1.165) is 19.4 Å². The van der Waals surface area contributed by atoms with Gasteiger partial charge in [-0.05, 0) is 44.6 Å². The Hall–Kier alpha value is -0.570. The van der Waals surface area contributed by atoms with Crippen molar-refractivity contribution >= 4 is 5.97 Å². The van der Waals surface area contributed by atoms with Crippen LogP contribution in [0, 0.1) is 11.8 Å². The highest BCUT2D eigenvalue weighted by atomic mass is 16.5. The van der Waals surface area contributed by atoms with E-state index in [1.807, 2.05) is 13.8 Å². The van der Waals surface area contributed by atoms with E-state index in [1.54, 1.807) is 0 Å². The third-order valence-corrected chi connectivity index (χ3v) is 3.46. The predicted octanol–water partition coefficient (Wildman–Crippen LogP) is 2.74. The summed E-state index contributed by atoms with van der Waals surface area (Å²) in [5.74, 6) is 1.32. The van der Waals surface area contributed by atoms with Gasteiger partial charge in [-0.25, -0.2) is 0 Å². The standard InChI is InChI=1S/C14H27NO2/c1-5-15-12(4)9-14(16)17-13-7-10(2)6-11(3)8-13/h10-13,15H,5-9H2,1-4H3. The maximum absolute atomic E-state index is 11.7. The quantitative estimate of drug-likeness (QED) is 0.752. The Balaban J connectivity index is 2.30. The highest BCUT2D eigenvalue weighted by molar-refractivity contribution is 5.70. The van der Waals surface area contributed by atoms with Crippen LogP contribution < -0.4 is 5.32 Å². The molecular weight excluding hydrogens is 214 g/mol. The van der Waals surface area contributed by atoms with Gasteiger partial charge in [0.2, 0.25) is 0 Å². The molecule has 1 rings (SSSR count). The molecule has 0 bridgehead atoms. The number of nitrogens with one attached hydrogen (secondary N) is 1. The molecule has 0 aromatic carbocycles. The van der Waals surface area contributed by atoms with Gasteiger partial charge < -0.3 is 10.1 Å². The summed E-state index contributed by atoms with van der Waals surface area (Å²) in [5, 5.41) is 3.23. The number of hydrogen-bond donors (Lipinski definition) is 1. The summed E-state index contributed by atoms with van der Waals surface area (Å²) in [6.45, 7) is 9.46. The molecule has 3 heteroatoms. The summed E-state index contributed by atoms with van der Waals surface area (Å²) in [6.07, 6.45) is 3.96. The summed E-state index contributed by atoms with van der Waals surface area (Å²) in [5.41, 5.74) is 0. The molecule has 0 aliphatic heterocycles. The van der Waals surface area contributed by atoms with Crippen molar-refractivity contribution in [1.29, 1.82) is 0 Å². The van der Waals surface area contributed by atoms with Gasteiger partial charge in [0.25, 0.3) is 0 Å². The zero-order valence-electron chi connectivity index (χ0n) is 11.7. The lowest BCUT2D eigenvalue weighted by atomic mass is 9.82. The summed E-state index contributed by atoms with van der Waals surface area (Å²) in [4.78, 5) is 11.7. The fourth-order valence-electron chi connectivity index (χ4n) is 2.87. The van der Waals surface area contributed by atoms with Gasteiger partial charge in [0.1, 0.15) is 6.10 Å². The number of hydrogen-bond acceptors (Lipinski definition) is 3. The highest BCUT2D eigenvalue weighted by Gasteiger charge is 2.26. The van der Waals surface area contributed by atoms with Crippen LogP contribution in [0.1, 0.15) is 53.4 Å². The van der Waals surface area contributed by atoms with Crippen molar-refractivity contribution in [2.45, 2.75) is 65.5 Å². The average Bonchev–Trinajstić information content (AvgIpc) is 2.14. The molecule has 3 nitrogen and oxygen atoms in total. The van der Waals surface area contributed by atoms with Gasteiger partial charge in [-0.15, -0.1) is 0 Å².